The second kappa shape index (κ2) is 6.58. The lowest BCUT2D eigenvalue weighted by molar-refractivity contribution is -0.124. The maximum Gasteiger partial charge on any atom is 0.223 e. The minimum absolute atomic E-state index is 0.0134. The molecule has 0 spiro atoms. The molecule has 1 aliphatic heterocycles. The molecule has 1 aromatic carbocycles. The minimum Gasteiger partial charge on any atom is -0.358 e. The molecule has 1 aromatic heterocycles. The van der Waals surface area contributed by atoms with Crippen LogP contribution in [0.3, 0.4) is 0 Å². The molecule has 0 bridgehead atoms. The van der Waals surface area contributed by atoms with Gasteiger partial charge in [0.05, 0.1) is 6.04 Å². The van der Waals surface area contributed by atoms with E-state index in [1.54, 1.807) is 0 Å². The van der Waals surface area contributed by atoms with E-state index in [-0.39, 0.29) is 17.9 Å². The number of carbonyl (C=O) groups excluding carboxylic acids is 1. The minimum atomic E-state index is 0.0134. The van der Waals surface area contributed by atoms with Crippen molar-refractivity contribution in [1.82, 2.24) is 15.2 Å². The fourth-order valence-corrected chi connectivity index (χ4v) is 4.57. The van der Waals surface area contributed by atoms with E-state index in [4.69, 9.17) is 0 Å². The van der Waals surface area contributed by atoms with Crippen LogP contribution in [0, 0.1) is 12.8 Å². The first-order chi connectivity index (χ1) is 12.5. The van der Waals surface area contributed by atoms with Gasteiger partial charge in [0.15, 0.2) is 0 Å². The topological polar surface area (TPSA) is 48.1 Å². The summed E-state index contributed by atoms with van der Waals surface area (Å²) in [7, 11) is 0. The molecule has 26 heavy (non-hydrogen) atoms. The molecule has 2 aromatic rings. The molecule has 1 amide bonds. The highest BCUT2D eigenvalue weighted by molar-refractivity contribution is 5.99. The van der Waals surface area contributed by atoms with E-state index in [2.05, 4.69) is 53.3 Å². The molecule has 4 rings (SSSR count). The van der Waals surface area contributed by atoms with Crippen molar-refractivity contribution in [3.63, 3.8) is 0 Å². The zero-order valence-electron chi connectivity index (χ0n) is 16.2. The van der Waals surface area contributed by atoms with Crippen molar-refractivity contribution < 1.29 is 4.79 Å². The lowest BCUT2D eigenvalue weighted by Gasteiger charge is -2.42. The molecule has 0 saturated carbocycles. The maximum atomic E-state index is 12.3. The van der Waals surface area contributed by atoms with Crippen LogP contribution in [-0.4, -0.2) is 41.0 Å². The van der Waals surface area contributed by atoms with Crippen molar-refractivity contribution in [2.45, 2.75) is 52.6 Å². The van der Waals surface area contributed by atoms with Gasteiger partial charge in [-0.1, -0.05) is 39.0 Å². The average Bonchev–Trinajstić information content (AvgIpc) is 2.93. The van der Waals surface area contributed by atoms with E-state index in [1.807, 2.05) is 13.8 Å². The highest BCUT2D eigenvalue weighted by atomic mass is 16.1. The van der Waals surface area contributed by atoms with Gasteiger partial charge in [0.1, 0.15) is 0 Å². The lowest BCUT2D eigenvalue weighted by Crippen LogP contribution is -2.52. The summed E-state index contributed by atoms with van der Waals surface area (Å²) in [6.07, 6.45) is 4.49. The summed E-state index contributed by atoms with van der Waals surface area (Å²) in [6.45, 7) is 10.3. The Bertz CT molecular complexity index is 877. The Kier molecular flexibility index (Phi) is 4.39. The predicted octanol–water partition coefficient (Wildman–Crippen LogP) is 3.65. The summed E-state index contributed by atoms with van der Waals surface area (Å²) in [5.74, 6) is 0.147. The number of fused-ring (bicyclic) bond motifs is 2. The van der Waals surface area contributed by atoms with Crippen LogP contribution in [0.4, 0.5) is 0 Å². The van der Waals surface area contributed by atoms with Crippen molar-refractivity contribution in [1.29, 1.82) is 0 Å². The van der Waals surface area contributed by atoms with Gasteiger partial charge in [-0.15, -0.1) is 0 Å². The molecule has 2 atom stereocenters. The lowest BCUT2D eigenvalue weighted by atomic mass is 9.80. The SMILES string of the molecule is CCCN1C[C@@H](NC(=O)C(C)C)C=C2c3cccc4[nH]c(C)c(c34)C[C@H]21. The molecule has 0 radical (unpaired) electrons. The molecule has 4 heteroatoms. The smallest absolute Gasteiger partial charge is 0.223 e. The highest BCUT2D eigenvalue weighted by Crippen LogP contribution is 2.41. The fourth-order valence-electron chi connectivity index (χ4n) is 4.57. The van der Waals surface area contributed by atoms with Gasteiger partial charge in [-0.3, -0.25) is 9.69 Å². The number of hydrogen-bond donors (Lipinski definition) is 2. The number of rotatable bonds is 4. The van der Waals surface area contributed by atoms with Gasteiger partial charge in [0.2, 0.25) is 5.91 Å². The van der Waals surface area contributed by atoms with Crippen LogP contribution in [-0.2, 0) is 11.2 Å². The third kappa shape index (κ3) is 2.77. The van der Waals surface area contributed by atoms with Crippen LogP contribution in [0.1, 0.15) is 44.0 Å². The molecule has 0 unspecified atom stereocenters. The number of H-pyrrole nitrogens is 1. The Balaban J connectivity index is 1.80. The third-order valence-electron chi connectivity index (χ3n) is 5.82. The van der Waals surface area contributed by atoms with Crippen LogP contribution < -0.4 is 5.32 Å². The number of aryl methyl sites for hydroxylation is 1. The third-order valence-corrected chi connectivity index (χ3v) is 5.82. The van der Waals surface area contributed by atoms with E-state index in [0.29, 0.717) is 6.04 Å². The predicted molar refractivity (Wildman–Crippen MR) is 107 cm³/mol. The Morgan fingerprint density at radius 1 is 1.38 bits per heavy atom. The van der Waals surface area contributed by atoms with Crippen molar-refractivity contribution >= 4 is 22.4 Å². The summed E-state index contributed by atoms with van der Waals surface area (Å²) in [6, 6.07) is 7.05. The van der Waals surface area contributed by atoms with E-state index >= 15 is 0 Å². The number of carbonyl (C=O) groups is 1. The van der Waals surface area contributed by atoms with Crippen LogP contribution in [0.5, 0.6) is 0 Å². The van der Waals surface area contributed by atoms with Crippen LogP contribution >= 0.6 is 0 Å². The Labute approximate surface area is 155 Å². The second-order valence-corrected chi connectivity index (χ2v) is 8.06. The molecule has 1 aliphatic carbocycles. The molecule has 0 fully saturated rings. The first kappa shape index (κ1) is 17.3. The number of benzene rings is 1. The van der Waals surface area contributed by atoms with Crippen LogP contribution in [0.2, 0.25) is 0 Å². The molecule has 2 heterocycles. The summed E-state index contributed by atoms with van der Waals surface area (Å²) in [5, 5.41) is 4.61. The standard InChI is InChI=1S/C22H29N3O/c1-5-9-25-12-15(24-22(26)13(2)3)10-18-16-7-6-8-19-21(16)17(11-20(18)25)14(4)23-19/h6-8,10,13,15,20,23H,5,9,11-12H2,1-4H3,(H,24,26)/t15-,20+/m0/s1. The fraction of sp³-hybridized carbons (Fsp3) is 0.500. The zero-order chi connectivity index (χ0) is 18.4. The summed E-state index contributed by atoms with van der Waals surface area (Å²) in [4.78, 5) is 18.4. The van der Waals surface area contributed by atoms with Crippen LogP contribution in [0.15, 0.2) is 24.3 Å². The molecule has 2 aliphatic rings. The Morgan fingerprint density at radius 2 is 2.19 bits per heavy atom. The second-order valence-electron chi connectivity index (χ2n) is 8.06. The molecule has 138 valence electrons. The van der Waals surface area contributed by atoms with Gasteiger partial charge in [0, 0.05) is 35.1 Å². The average molecular weight is 351 g/mol. The van der Waals surface area contributed by atoms with Gasteiger partial charge in [-0.25, -0.2) is 0 Å². The van der Waals surface area contributed by atoms with Gasteiger partial charge < -0.3 is 10.3 Å². The number of nitrogens with zero attached hydrogens (tertiary/aromatic N) is 1. The Hall–Kier alpha value is -2.07. The van der Waals surface area contributed by atoms with Gasteiger partial charge in [-0.2, -0.15) is 0 Å². The number of aromatic amines is 1. The maximum absolute atomic E-state index is 12.3. The van der Waals surface area contributed by atoms with Crippen LogP contribution in [0.25, 0.3) is 16.5 Å². The normalized spacial score (nSPS) is 22.4. The first-order valence-corrected chi connectivity index (χ1v) is 9.86. The number of aromatic nitrogens is 1. The summed E-state index contributed by atoms with van der Waals surface area (Å²) < 4.78 is 0. The summed E-state index contributed by atoms with van der Waals surface area (Å²) in [5.41, 5.74) is 6.70. The largest absolute Gasteiger partial charge is 0.358 e. The molecular formula is C22H29N3O. The molecule has 4 nitrogen and oxygen atoms in total. The van der Waals surface area contributed by atoms with Crippen molar-refractivity contribution in [2.24, 2.45) is 5.92 Å². The Morgan fingerprint density at radius 3 is 2.92 bits per heavy atom. The van der Waals surface area contributed by atoms with Crippen molar-refractivity contribution in [2.75, 3.05) is 13.1 Å². The molecule has 2 N–H and O–H groups in total. The highest BCUT2D eigenvalue weighted by Gasteiger charge is 2.36. The monoisotopic (exact) mass is 351 g/mol. The van der Waals surface area contributed by atoms with Gasteiger partial charge in [-0.05, 0) is 49.1 Å². The van der Waals surface area contributed by atoms with Gasteiger partial charge >= 0.3 is 0 Å². The summed E-state index contributed by atoms with van der Waals surface area (Å²) >= 11 is 0. The molecule has 0 saturated heterocycles. The quantitative estimate of drug-likeness (QED) is 0.883. The van der Waals surface area contributed by atoms with E-state index < -0.39 is 0 Å². The number of hydrogen-bond acceptors (Lipinski definition) is 2. The van der Waals surface area contributed by atoms with E-state index in [0.717, 1.165) is 25.9 Å². The zero-order valence-corrected chi connectivity index (χ0v) is 16.2. The van der Waals surface area contributed by atoms with E-state index in [1.165, 1.54) is 33.3 Å². The van der Waals surface area contributed by atoms with Crippen molar-refractivity contribution in [3.8, 4) is 0 Å². The molecular weight excluding hydrogens is 322 g/mol. The number of amides is 1. The van der Waals surface area contributed by atoms with E-state index in [9.17, 15) is 4.79 Å². The number of nitrogens with one attached hydrogen (secondary N) is 2. The first-order valence-electron chi connectivity index (χ1n) is 9.86. The van der Waals surface area contributed by atoms with Gasteiger partial charge in [0.25, 0.3) is 0 Å². The van der Waals surface area contributed by atoms with Crippen molar-refractivity contribution in [3.05, 3.63) is 41.1 Å².